The number of fused-ring (bicyclic) bond motifs is 3. The molecule has 0 fully saturated rings. The summed E-state index contributed by atoms with van der Waals surface area (Å²) in [6, 6.07) is 18.7. The molecule has 5 rings (SSSR count). The minimum atomic E-state index is 0.639. The van der Waals surface area contributed by atoms with Crippen LogP contribution in [0.1, 0.15) is 16.7 Å². The number of aryl methyl sites for hydroxylation is 2. The Morgan fingerprint density at radius 2 is 1.76 bits per heavy atom. The summed E-state index contributed by atoms with van der Waals surface area (Å²) in [5, 5.41) is 3.46. The Kier molecular flexibility index (Phi) is 4.21. The Labute approximate surface area is 169 Å². The predicted molar refractivity (Wildman–Crippen MR) is 117 cm³/mol. The summed E-state index contributed by atoms with van der Waals surface area (Å²) in [6.45, 7) is 4.89. The smallest absolute Gasteiger partial charge is 0.181 e. The van der Waals surface area contributed by atoms with E-state index >= 15 is 0 Å². The summed E-state index contributed by atoms with van der Waals surface area (Å²) >= 11 is 0. The quantitative estimate of drug-likeness (QED) is 0.468. The highest BCUT2D eigenvalue weighted by Crippen LogP contribution is 2.29. The molecule has 3 aromatic heterocycles. The molecule has 0 unspecified atom stereocenters. The van der Waals surface area contributed by atoms with Crippen molar-refractivity contribution < 1.29 is 0 Å². The zero-order valence-electron chi connectivity index (χ0n) is 16.4. The molecule has 0 bridgehead atoms. The Balaban J connectivity index is 1.73. The molecule has 0 amide bonds. The second-order valence-corrected chi connectivity index (χ2v) is 7.27. The van der Waals surface area contributed by atoms with Crippen molar-refractivity contribution in [2.75, 3.05) is 5.32 Å². The van der Waals surface area contributed by atoms with Crippen LogP contribution in [0, 0.1) is 13.8 Å². The highest BCUT2D eigenvalue weighted by atomic mass is 15.1. The van der Waals surface area contributed by atoms with E-state index in [1.807, 2.05) is 30.6 Å². The monoisotopic (exact) mass is 379 g/mol. The van der Waals surface area contributed by atoms with Crippen molar-refractivity contribution in [2.24, 2.45) is 0 Å². The summed E-state index contributed by atoms with van der Waals surface area (Å²) < 4.78 is 2.20. The molecule has 142 valence electrons. The number of pyridine rings is 1. The van der Waals surface area contributed by atoms with E-state index in [9.17, 15) is 0 Å². The van der Waals surface area contributed by atoms with Crippen molar-refractivity contribution in [3.05, 3.63) is 89.9 Å². The Morgan fingerprint density at radius 3 is 2.55 bits per heavy atom. The van der Waals surface area contributed by atoms with E-state index in [4.69, 9.17) is 9.97 Å². The van der Waals surface area contributed by atoms with Gasteiger partial charge in [0.15, 0.2) is 11.5 Å². The molecule has 0 radical (unpaired) electrons. The molecule has 5 heteroatoms. The lowest BCUT2D eigenvalue weighted by Crippen LogP contribution is -2.06. The lowest BCUT2D eigenvalue weighted by atomic mass is 10.1. The van der Waals surface area contributed by atoms with Gasteiger partial charge < -0.3 is 5.32 Å². The van der Waals surface area contributed by atoms with Crippen LogP contribution in [-0.4, -0.2) is 19.4 Å². The topological polar surface area (TPSA) is 55.1 Å². The van der Waals surface area contributed by atoms with Crippen LogP contribution in [0.3, 0.4) is 0 Å². The average Bonchev–Trinajstić information content (AvgIpc) is 3.20. The third-order valence-electron chi connectivity index (χ3n) is 5.29. The Hall–Kier alpha value is -3.73. The number of nitrogens with one attached hydrogen (secondary N) is 1. The fourth-order valence-corrected chi connectivity index (χ4v) is 3.61. The lowest BCUT2D eigenvalue weighted by molar-refractivity contribution is 1.08. The van der Waals surface area contributed by atoms with Crippen molar-refractivity contribution in [3.63, 3.8) is 0 Å². The fraction of sp³-hybridized carbons (Fsp3) is 0.125. The van der Waals surface area contributed by atoms with Crippen molar-refractivity contribution in [2.45, 2.75) is 20.4 Å². The van der Waals surface area contributed by atoms with Crippen LogP contribution < -0.4 is 5.32 Å². The van der Waals surface area contributed by atoms with Crippen molar-refractivity contribution in [3.8, 4) is 11.3 Å². The van der Waals surface area contributed by atoms with E-state index in [0.717, 1.165) is 39.3 Å². The second kappa shape index (κ2) is 7.02. The summed E-state index contributed by atoms with van der Waals surface area (Å²) in [5.41, 5.74) is 8.58. The first-order chi connectivity index (χ1) is 14.2. The molecule has 1 N–H and O–H groups in total. The van der Waals surface area contributed by atoms with Crippen LogP contribution in [0.15, 0.2) is 73.2 Å². The minimum absolute atomic E-state index is 0.639. The maximum absolute atomic E-state index is 4.91. The van der Waals surface area contributed by atoms with Gasteiger partial charge in [0.1, 0.15) is 0 Å². The van der Waals surface area contributed by atoms with Gasteiger partial charge in [-0.05, 0) is 48.7 Å². The number of hydrogen-bond donors (Lipinski definition) is 1. The summed E-state index contributed by atoms with van der Waals surface area (Å²) in [7, 11) is 0. The second-order valence-electron chi connectivity index (χ2n) is 7.27. The van der Waals surface area contributed by atoms with Gasteiger partial charge in [-0.2, -0.15) is 0 Å². The number of imidazole rings is 1. The standard InChI is InChI=1S/C24H21N5/c1-16-11-20-21(12-17(16)2)29-22(19-8-4-3-5-9-19)15-27-24(29)23(28-20)26-14-18-7-6-10-25-13-18/h3-13,15H,14H2,1-2H3,(H,26,28). The lowest BCUT2D eigenvalue weighted by Gasteiger charge is -2.13. The van der Waals surface area contributed by atoms with Crippen LogP contribution in [0.5, 0.6) is 0 Å². The molecule has 0 aliphatic rings. The largest absolute Gasteiger partial charge is 0.363 e. The van der Waals surface area contributed by atoms with E-state index in [0.29, 0.717) is 6.54 Å². The number of rotatable bonds is 4. The zero-order chi connectivity index (χ0) is 19.8. The average molecular weight is 379 g/mol. The summed E-state index contributed by atoms with van der Waals surface area (Å²) in [4.78, 5) is 13.8. The van der Waals surface area contributed by atoms with Gasteiger partial charge in [-0.25, -0.2) is 9.97 Å². The maximum atomic E-state index is 4.91. The maximum Gasteiger partial charge on any atom is 0.181 e. The zero-order valence-corrected chi connectivity index (χ0v) is 16.4. The van der Waals surface area contributed by atoms with Crippen molar-refractivity contribution in [1.29, 1.82) is 0 Å². The van der Waals surface area contributed by atoms with Crippen molar-refractivity contribution in [1.82, 2.24) is 19.4 Å². The predicted octanol–water partition coefficient (Wildman–Crippen LogP) is 5.17. The van der Waals surface area contributed by atoms with Gasteiger partial charge in [0.2, 0.25) is 0 Å². The van der Waals surface area contributed by atoms with Gasteiger partial charge in [0.05, 0.1) is 22.9 Å². The van der Waals surface area contributed by atoms with Gasteiger partial charge in [0, 0.05) is 24.5 Å². The highest BCUT2D eigenvalue weighted by Gasteiger charge is 2.15. The molecule has 29 heavy (non-hydrogen) atoms. The molecule has 0 aliphatic heterocycles. The van der Waals surface area contributed by atoms with Crippen molar-refractivity contribution >= 4 is 22.5 Å². The number of nitrogens with zero attached hydrogens (tertiary/aromatic N) is 4. The van der Waals surface area contributed by atoms with E-state index in [2.05, 4.69) is 64.9 Å². The minimum Gasteiger partial charge on any atom is -0.363 e. The molecule has 0 atom stereocenters. The number of hydrogen-bond acceptors (Lipinski definition) is 4. The van der Waals surface area contributed by atoms with Gasteiger partial charge in [-0.15, -0.1) is 0 Å². The van der Waals surface area contributed by atoms with Gasteiger partial charge in [0.25, 0.3) is 0 Å². The number of benzene rings is 2. The molecule has 5 nitrogen and oxygen atoms in total. The Morgan fingerprint density at radius 1 is 0.931 bits per heavy atom. The molecular formula is C24H21N5. The van der Waals surface area contributed by atoms with E-state index < -0.39 is 0 Å². The molecule has 0 saturated carbocycles. The highest BCUT2D eigenvalue weighted by molar-refractivity contribution is 5.87. The molecule has 2 aromatic carbocycles. The van der Waals surface area contributed by atoms with Crippen LogP contribution in [0.4, 0.5) is 5.82 Å². The molecular weight excluding hydrogens is 358 g/mol. The normalized spacial score (nSPS) is 11.2. The molecule has 0 saturated heterocycles. The first-order valence-electron chi connectivity index (χ1n) is 9.67. The van der Waals surface area contributed by atoms with Gasteiger partial charge >= 0.3 is 0 Å². The fourth-order valence-electron chi connectivity index (χ4n) is 3.61. The molecule has 3 heterocycles. The van der Waals surface area contributed by atoms with E-state index in [1.54, 1.807) is 6.20 Å². The third-order valence-corrected chi connectivity index (χ3v) is 5.29. The van der Waals surface area contributed by atoms with Gasteiger partial charge in [-0.1, -0.05) is 36.4 Å². The summed E-state index contributed by atoms with van der Waals surface area (Å²) in [5.74, 6) is 0.770. The first-order valence-corrected chi connectivity index (χ1v) is 9.67. The van der Waals surface area contributed by atoms with E-state index in [-0.39, 0.29) is 0 Å². The van der Waals surface area contributed by atoms with E-state index in [1.165, 1.54) is 11.1 Å². The van der Waals surface area contributed by atoms with Crippen LogP contribution >= 0.6 is 0 Å². The third kappa shape index (κ3) is 3.10. The molecule has 5 aromatic rings. The molecule has 0 spiro atoms. The van der Waals surface area contributed by atoms with Crippen LogP contribution in [0.25, 0.3) is 27.9 Å². The van der Waals surface area contributed by atoms with Crippen LogP contribution in [-0.2, 0) is 6.54 Å². The van der Waals surface area contributed by atoms with Gasteiger partial charge in [-0.3, -0.25) is 9.38 Å². The summed E-state index contributed by atoms with van der Waals surface area (Å²) in [6.07, 6.45) is 5.57. The first kappa shape index (κ1) is 17.4. The SMILES string of the molecule is Cc1cc2nc(NCc3cccnc3)c3ncc(-c4ccccc4)n3c2cc1C. The van der Waals surface area contributed by atoms with Crippen LogP contribution in [0.2, 0.25) is 0 Å². The number of aromatic nitrogens is 4. The number of anilines is 1. The molecule has 0 aliphatic carbocycles. The Bertz CT molecular complexity index is 1310.